The fourth-order valence-corrected chi connectivity index (χ4v) is 9.51. The molecule has 0 radical (unpaired) electrons. The van der Waals surface area contributed by atoms with Crippen molar-refractivity contribution >= 4 is 57.7 Å². The molecule has 2 N–H and O–H groups in total. The Morgan fingerprint density at radius 3 is 2.37 bits per heavy atom. The summed E-state index contributed by atoms with van der Waals surface area (Å²) in [7, 11) is 1.39. The van der Waals surface area contributed by atoms with Crippen molar-refractivity contribution in [3.63, 3.8) is 0 Å². The molecule has 6 heterocycles. The van der Waals surface area contributed by atoms with Crippen LogP contribution in [0.25, 0.3) is 10.9 Å². The molecule has 9 rings (SSSR count). The maximum atomic E-state index is 15.9. The van der Waals surface area contributed by atoms with Crippen LogP contribution in [0.2, 0.25) is 0 Å². The lowest BCUT2D eigenvalue weighted by Gasteiger charge is -2.52. The van der Waals surface area contributed by atoms with Crippen molar-refractivity contribution in [2.45, 2.75) is 69.1 Å². The number of benzene rings is 2. The highest BCUT2D eigenvalue weighted by molar-refractivity contribution is 6.23. The lowest BCUT2D eigenvalue weighted by atomic mass is 9.60. The first kappa shape index (κ1) is 40.9. The zero-order valence-corrected chi connectivity index (χ0v) is 33.1. The van der Waals surface area contributed by atoms with Gasteiger partial charge in [-0.25, -0.2) is 13.8 Å². The molecule has 6 amide bonds. The molecule has 4 aliphatic heterocycles. The van der Waals surface area contributed by atoms with E-state index in [9.17, 15) is 41.9 Å². The molecular weight excluding hydrogens is 824 g/mol. The number of pyridine rings is 1. The number of likely N-dealkylation sites (tertiary alicyclic amines) is 1. The number of halogens is 5. The van der Waals surface area contributed by atoms with Crippen LogP contribution in [0.3, 0.4) is 0 Å². The highest BCUT2D eigenvalue weighted by atomic mass is 19.4. The summed E-state index contributed by atoms with van der Waals surface area (Å²) in [5.74, 6) is -8.83. The maximum absolute atomic E-state index is 15.9. The second kappa shape index (κ2) is 14.9. The van der Waals surface area contributed by atoms with Gasteiger partial charge in [-0.1, -0.05) is 6.07 Å². The topological polar surface area (TPSA) is 176 Å². The van der Waals surface area contributed by atoms with E-state index in [0.29, 0.717) is 36.8 Å². The molecule has 1 aliphatic carbocycles. The van der Waals surface area contributed by atoms with Gasteiger partial charge in [-0.15, -0.1) is 0 Å². The Kier molecular flexibility index (Phi) is 9.81. The monoisotopic (exact) mass is 862 g/mol. The Balaban J connectivity index is 0.798. The van der Waals surface area contributed by atoms with Crippen molar-refractivity contribution in [2.24, 2.45) is 11.3 Å². The van der Waals surface area contributed by atoms with Gasteiger partial charge in [0.2, 0.25) is 17.7 Å². The third-order valence-electron chi connectivity index (χ3n) is 12.9. The smallest absolute Gasteiger partial charge is 0.433 e. The number of rotatable bonds is 7. The molecule has 4 fully saturated rings. The Bertz CT molecular complexity index is 2560. The van der Waals surface area contributed by atoms with Gasteiger partial charge in [-0.05, 0) is 80.3 Å². The SMILES string of the molecule is COc1cc2nn(C3CC4(CCN(C(=O)C5CCN(c6ccc7c(c6)C(=O)N(C6CCC(=O)NC6=O)C7=O)CC5(F)F)CC4)C3)cc2cc1NC(=O)c1cccc(C(F)(F)F)n1. The summed E-state index contributed by atoms with van der Waals surface area (Å²) in [6.07, 6.45) is -0.324. The number of carbonyl (C=O) groups excluding carboxylic acids is 6. The highest BCUT2D eigenvalue weighted by Crippen LogP contribution is 2.55. The van der Waals surface area contributed by atoms with Crippen molar-refractivity contribution in [1.29, 1.82) is 0 Å². The molecule has 4 aromatic rings. The molecule has 2 aromatic heterocycles. The van der Waals surface area contributed by atoms with Gasteiger partial charge in [0, 0.05) is 49.4 Å². The Morgan fingerprint density at radius 2 is 1.68 bits per heavy atom. The molecule has 3 saturated heterocycles. The van der Waals surface area contributed by atoms with E-state index in [-0.39, 0.29) is 65.5 Å². The van der Waals surface area contributed by atoms with Crippen molar-refractivity contribution < 1.29 is 55.5 Å². The van der Waals surface area contributed by atoms with Gasteiger partial charge in [0.25, 0.3) is 23.6 Å². The fraction of sp³-hybridized carbons (Fsp3) is 0.429. The Morgan fingerprint density at radius 1 is 0.935 bits per heavy atom. The van der Waals surface area contributed by atoms with Crippen molar-refractivity contribution in [3.8, 4) is 5.75 Å². The number of nitrogens with zero attached hydrogens (tertiary/aromatic N) is 6. The predicted molar refractivity (Wildman–Crippen MR) is 208 cm³/mol. The number of hydrogen-bond acceptors (Lipinski definition) is 10. The molecule has 2 unspecified atom stereocenters. The number of methoxy groups -OCH3 is 1. The van der Waals surface area contributed by atoms with Crippen LogP contribution in [0.1, 0.15) is 87.9 Å². The third kappa shape index (κ3) is 7.17. The minimum absolute atomic E-state index is 0.0131. The van der Waals surface area contributed by atoms with E-state index in [4.69, 9.17) is 9.84 Å². The molecule has 20 heteroatoms. The van der Waals surface area contributed by atoms with Gasteiger partial charge in [-0.2, -0.15) is 18.3 Å². The van der Waals surface area contributed by atoms with E-state index in [1.165, 1.54) is 41.2 Å². The van der Waals surface area contributed by atoms with Crippen LogP contribution in [0.15, 0.2) is 54.7 Å². The zero-order chi connectivity index (χ0) is 43.9. The average molecular weight is 863 g/mol. The molecule has 1 saturated carbocycles. The van der Waals surface area contributed by atoms with E-state index in [1.54, 1.807) is 12.1 Å². The first-order chi connectivity index (χ1) is 29.4. The Labute approximate surface area is 349 Å². The molecule has 15 nitrogen and oxygen atoms in total. The zero-order valence-electron chi connectivity index (χ0n) is 33.1. The number of imide groups is 2. The molecule has 2 aromatic carbocycles. The number of carbonyl (C=O) groups is 6. The van der Waals surface area contributed by atoms with Crippen molar-refractivity contribution in [1.82, 2.24) is 29.9 Å². The fourth-order valence-electron chi connectivity index (χ4n) is 9.51. The number of hydrogen-bond donors (Lipinski definition) is 2. The standard InChI is InChI=1S/C42H39F5N8O7/c1-62-32-17-29-22(15-30(32)49-35(57)28-3-2-4-33(48-28)42(45,46)47)20-54(51-29)24-18-40(19-24)10-13-52(14-11-40)39(61)27-9-12-53(21-41(27,43)44)23-5-6-25-26(16-23)38(60)55(37(25)59)31-7-8-34(56)50-36(31)58/h2-6,15-17,20,24,27,31H,7-14,18-19,21H2,1H3,(H,49,57)(H,50,56,58). The summed E-state index contributed by atoms with van der Waals surface area (Å²) in [6, 6.07) is 9.36. The van der Waals surface area contributed by atoms with Crippen molar-refractivity contribution in [3.05, 3.63) is 77.2 Å². The predicted octanol–water partition coefficient (Wildman–Crippen LogP) is 5.22. The lowest BCUT2D eigenvalue weighted by Crippen LogP contribution is -2.57. The molecular formula is C42H39F5N8O7. The summed E-state index contributed by atoms with van der Waals surface area (Å²) in [6.45, 7) is -0.0109. The summed E-state index contributed by atoms with van der Waals surface area (Å²) >= 11 is 0. The molecule has 1 spiro atoms. The van der Waals surface area contributed by atoms with Gasteiger partial charge in [0.15, 0.2) is 0 Å². The number of anilines is 2. The lowest BCUT2D eigenvalue weighted by molar-refractivity contribution is -0.155. The minimum atomic E-state index is -4.72. The molecule has 5 aliphatic rings. The number of nitrogens with one attached hydrogen (secondary N) is 2. The summed E-state index contributed by atoms with van der Waals surface area (Å²) < 4.78 is 78.5. The van der Waals surface area contributed by atoms with Crippen LogP contribution in [0.4, 0.5) is 33.3 Å². The van der Waals surface area contributed by atoms with Gasteiger partial charge in [-0.3, -0.25) is 43.7 Å². The van der Waals surface area contributed by atoms with E-state index in [2.05, 4.69) is 15.6 Å². The molecule has 62 heavy (non-hydrogen) atoms. The average Bonchev–Trinajstić information content (AvgIpc) is 3.75. The molecule has 0 bridgehead atoms. The normalized spacial score (nSPS) is 22.5. The van der Waals surface area contributed by atoms with Gasteiger partial charge < -0.3 is 19.9 Å². The van der Waals surface area contributed by atoms with Gasteiger partial charge in [0.05, 0.1) is 42.0 Å². The summed E-state index contributed by atoms with van der Waals surface area (Å²) in [5.41, 5.74) is -0.616. The highest BCUT2D eigenvalue weighted by Gasteiger charge is 2.53. The summed E-state index contributed by atoms with van der Waals surface area (Å²) in [4.78, 5) is 84.2. The van der Waals surface area contributed by atoms with E-state index >= 15 is 8.78 Å². The van der Waals surface area contributed by atoms with E-state index in [0.717, 1.165) is 29.9 Å². The number of amides is 6. The first-order valence-electron chi connectivity index (χ1n) is 20.1. The number of fused-ring (bicyclic) bond motifs is 2. The van der Waals surface area contributed by atoms with Crippen LogP contribution in [-0.2, 0) is 20.6 Å². The van der Waals surface area contributed by atoms with Gasteiger partial charge in [0.1, 0.15) is 29.1 Å². The van der Waals surface area contributed by atoms with Crippen molar-refractivity contribution in [2.75, 3.05) is 43.5 Å². The van der Waals surface area contributed by atoms with Crippen LogP contribution < -0.4 is 20.3 Å². The summed E-state index contributed by atoms with van der Waals surface area (Å²) in [5, 5.41) is 10.1. The largest absolute Gasteiger partial charge is 0.494 e. The third-order valence-corrected chi connectivity index (χ3v) is 12.9. The quantitative estimate of drug-likeness (QED) is 0.185. The number of ether oxygens (including phenoxy) is 1. The number of alkyl halides is 5. The van der Waals surface area contributed by atoms with Crippen LogP contribution in [0, 0.1) is 11.3 Å². The van der Waals surface area contributed by atoms with E-state index in [1.807, 2.05) is 10.9 Å². The van der Waals surface area contributed by atoms with Crippen LogP contribution in [0.5, 0.6) is 5.75 Å². The molecule has 324 valence electrons. The Hall–Kier alpha value is -6.47. The van der Waals surface area contributed by atoms with Gasteiger partial charge >= 0.3 is 6.18 Å². The minimum Gasteiger partial charge on any atom is -0.494 e. The second-order valence-corrected chi connectivity index (χ2v) is 16.7. The van der Waals surface area contributed by atoms with Crippen LogP contribution >= 0.6 is 0 Å². The first-order valence-corrected chi connectivity index (χ1v) is 20.1. The van der Waals surface area contributed by atoms with Crippen LogP contribution in [-0.4, -0.2) is 105 Å². The second-order valence-electron chi connectivity index (χ2n) is 16.7. The maximum Gasteiger partial charge on any atom is 0.433 e. The van der Waals surface area contributed by atoms with E-state index < -0.39 is 77.4 Å². The molecule has 2 atom stereocenters. The number of piperidine rings is 3. The number of aromatic nitrogens is 3.